The molecule has 5 nitrogen and oxygen atoms in total. The Kier molecular flexibility index (Phi) is 3.74. The van der Waals surface area contributed by atoms with Crippen molar-refractivity contribution in [1.82, 2.24) is 9.55 Å². The Bertz CT molecular complexity index is 607. The Morgan fingerprint density at radius 3 is 2.89 bits per heavy atom. The van der Waals surface area contributed by atoms with Crippen LogP contribution in [0.3, 0.4) is 0 Å². The smallest absolute Gasteiger partial charge is 0.272 e. The van der Waals surface area contributed by atoms with E-state index in [-0.39, 0.29) is 11.6 Å². The van der Waals surface area contributed by atoms with Gasteiger partial charge in [0.2, 0.25) is 0 Å². The average Bonchev–Trinajstić information content (AvgIpc) is 2.35. The van der Waals surface area contributed by atoms with Gasteiger partial charge in [0, 0.05) is 19.7 Å². The van der Waals surface area contributed by atoms with Gasteiger partial charge in [0.1, 0.15) is 5.69 Å². The molecule has 0 aliphatic rings. The molecule has 0 fully saturated rings. The Morgan fingerprint density at radius 1 is 1.44 bits per heavy atom. The number of fused-ring (bicyclic) bond motifs is 1. The number of aromatic nitrogens is 2. The minimum absolute atomic E-state index is 0.0970. The van der Waals surface area contributed by atoms with Crippen molar-refractivity contribution < 1.29 is 4.74 Å². The van der Waals surface area contributed by atoms with Gasteiger partial charge in [-0.2, -0.15) is 0 Å². The molecule has 0 radical (unpaired) electrons. The fraction of sp³-hybridized carbons (Fsp3) is 0.385. The van der Waals surface area contributed by atoms with Gasteiger partial charge in [-0.15, -0.1) is 0 Å². The molecule has 2 N–H and O–H groups in total. The first-order chi connectivity index (χ1) is 8.63. The van der Waals surface area contributed by atoms with Crippen molar-refractivity contribution in [2.45, 2.75) is 19.5 Å². The van der Waals surface area contributed by atoms with E-state index in [0.717, 1.165) is 11.0 Å². The average molecular weight is 247 g/mol. The zero-order valence-electron chi connectivity index (χ0n) is 10.6. The van der Waals surface area contributed by atoms with Crippen LogP contribution in [-0.2, 0) is 11.3 Å². The molecule has 0 saturated heterocycles. The molecule has 0 aliphatic carbocycles. The molecule has 0 bridgehead atoms. The molecule has 0 saturated carbocycles. The maximum atomic E-state index is 12.1. The number of rotatable bonds is 4. The van der Waals surface area contributed by atoms with Crippen molar-refractivity contribution in [3.05, 3.63) is 40.3 Å². The van der Waals surface area contributed by atoms with Crippen molar-refractivity contribution in [1.29, 1.82) is 0 Å². The summed E-state index contributed by atoms with van der Waals surface area (Å²) in [5.74, 6) is 0. The summed E-state index contributed by atoms with van der Waals surface area (Å²) >= 11 is 0. The van der Waals surface area contributed by atoms with Gasteiger partial charge in [-0.1, -0.05) is 12.1 Å². The number of hydrogen-bond donors (Lipinski definition) is 1. The fourth-order valence-electron chi connectivity index (χ4n) is 2.00. The van der Waals surface area contributed by atoms with E-state index in [9.17, 15) is 4.79 Å². The van der Waals surface area contributed by atoms with Gasteiger partial charge in [-0.25, -0.2) is 4.98 Å². The number of nitrogens with zero attached hydrogens (tertiary/aromatic N) is 2. The first kappa shape index (κ1) is 12.7. The van der Waals surface area contributed by atoms with Crippen LogP contribution in [0.25, 0.3) is 11.0 Å². The van der Waals surface area contributed by atoms with E-state index >= 15 is 0 Å². The highest BCUT2D eigenvalue weighted by molar-refractivity contribution is 5.74. The standard InChI is InChI=1S/C13H17N3O2/c1-9-13(17)16(7-10(14)8-18-2)12-6-4-3-5-11(12)15-9/h3-6,10H,7-8,14H2,1-2H3. The highest BCUT2D eigenvalue weighted by atomic mass is 16.5. The van der Waals surface area contributed by atoms with Crippen molar-refractivity contribution >= 4 is 11.0 Å². The summed E-state index contributed by atoms with van der Waals surface area (Å²) in [4.78, 5) is 16.4. The Labute approximate surface area is 105 Å². The topological polar surface area (TPSA) is 70.1 Å². The summed E-state index contributed by atoms with van der Waals surface area (Å²) < 4.78 is 6.67. The van der Waals surface area contributed by atoms with Gasteiger partial charge in [-0.3, -0.25) is 4.79 Å². The van der Waals surface area contributed by atoms with Crippen LogP contribution < -0.4 is 11.3 Å². The van der Waals surface area contributed by atoms with Crippen molar-refractivity contribution in [3.8, 4) is 0 Å². The van der Waals surface area contributed by atoms with Crippen LogP contribution in [0.2, 0.25) is 0 Å². The lowest BCUT2D eigenvalue weighted by atomic mass is 10.2. The third-order valence-electron chi connectivity index (χ3n) is 2.81. The molecule has 1 unspecified atom stereocenters. The molecule has 0 amide bonds. The maximum absolute atomic E-state index is 12.1. The molecular formula is C13H17N3O2. The van der Waals surface area contributed by atoms with E-state index in [1.165, 1.54) is 0 Å². The molecule has 96 valence electrons. The van der Waals surface area contributed by atoms with Crippen molar-refractivity contribution in [2.24, 2.45) is 5.73 Å². The Balaban J connectivity index is 2.53. The van der Waals surface area contributed by atoms with Crippen LogP contribution in [0, 0.1) is 6.92 Å². The van der Waals surface area contributed by atoms with E-state index in [1.54, 1.807) is 18.6 Å². The third kappa shape index (κ3) is 2.42. The quantitative estimate of drug-likeness (QED) is 0.862. The van der Waals surface area contributed by atoms with E-state index < -0.39 is 0 Å². The molecule has 0 spiro atoms. The zero-order chi connectivity index (χ0) is 13.1. The highest BCUT2D eigenvalue weighted by Crippen LogP contribution is 2.09. The number of methoxy groups -OCH3 is 1. The maximum Gasteiger partial charge on any atom is 0.272 e. The lowest BCUT2D eigenvalue weighted by Gasteiger charge is -2.15. The van der Waals surface area contributed by atoms with Crippen LogP contribution in [0.5, 0.6) is 0 Å². The van der Waals surface area contributed by atoms with Gasteiger partial charge in [-0.05, 0) is 19.1 Å². The van der Waals surface area contributed by atoms with Gasteiger partial charge < -0.3 is 15.0 Å². The molecular weight excluding hydrogens is 230 g/mol. The van der Waals surface area contributed by atoms with E-state index in [2.05, 4.69) is 4.98 Å². The number of aryl methyl sites for hydroxylation is 1. The molecule has 1 aromatic heterocycles. The number of nitrogens with two attached hydrogens (primary N) is 1. The second kappa shape index (κ2) is 5.29. The zero-order valence-corrected chi connectivity index (χ0v) is 10.6. The fourth-order valence-corrected chi connectivity index (χ4v) is 2.00. The summed E-state index contributed by atoms with van der Waals surface area (Å²) in [5, 5.41) is 0. The third-order valence-corrected chi connectivity index (χ3v) is 2.81. The molecule has 1 aromatic carbocycles. The largest absolute Gasteiger partial charge is 0.383 e. The van der Waals surface area contributed by atoms with Gasteiger partial charge in [0.15, 0.2) is 0 Å². The summed E-state index contributed by atoms with van der Waals surface area (Å²) in [6.07, 6.45) is 0. The predicted molar refractivity (Wildman–Crippen MR) is 70.6 cm³/mol. The number of hydrogen-bond acceptors (Lipinski definition) is 4. The van der Waals surface area contributed by atoms with E-state index in [0.29, 0.717) is 18.8 Å². The second-order valence-electron chi connectivity index (χ2n) is 4.32. The van der Waals surface area contributed by atoms with E-state index in [1.807, 2.05) is 24.3 Å². The number of ether oxygens (including phenoxy) is 1. The highest BCUT2D eigenvalue weighted by Gasteiger charge is 2.10. The van der Waals surface area contributed by atoms with Crippen molar-refractivity contribution in [2.75, 3.05) is 13.7 Å². The van der Waals surface area contributed by atoms with Crippen LogP contribution >= 0.6 is 0 Å². The lowest BCUT2D eigenvalue weighted by molar-refractivity contribution is 0.174. The van der Waals surface area contributed by atoms with Crippen molar-refractivity contribution in [3.63, 3.8) is 0 Å². The second-order valence-corrected chi connectivity index (χ2v) is 4.32. The monoisotopic (exact) mass is 247 g/mol. The molecule has 2 aromatic rings. The normalized spacial score (nSPS) is 12.8. The summed E-state index contributed by atoms with van der Waals surface area (Å²) in [5.41, 5.74) is 7.92. The van der Waals surface area contributed by atoms with Crippen LogP contribution in [-0.4, -0.2) is 29.3 Å². The SMILES string of the molecule is COCC(N)Cn1c(=O)c(C)nc2ccccc21. The molecule has 0 aliphatic heterocycles. The van der Waals surface area contributed by atoms with Crippen LogP contribution in [0.1, 0.15) is 5.69 Å². The molecule has 18 heavy (non-hydrogen) atoms. The van der Waals surface area contributed by atoms with Crippen LogP contribution in [0.4, 0.5) is 0 Å². The first-order valence-electron chi connectivity index (χ1n) is 5.84. The summed E-state index contributed by atoms with van der Waals surface area (Å²) in [7, 11) is 1.60. The minimum Gasteiger partial charge on any atom is -0.383 e. The molecule has 1 heterocycles. The molecule has 5 heteroatoms. The van der Waals surface area contributed by atoms with Gasteiger partial charge in [0.25, 0.3) is 5.56 Å². The van der Waals surface area contributed by atoms with Gasteiger partial charge in [0.05, 0.1) is 17.6 Å². The summed E-state index contributed by atoms with van der Waals surface area (Å²) in [6.45, 7) is 2.56. The summed E-state index contributed by atoms with van der Waals surface area (Å²) in [6, 6.07) is 7.34. The number of benzene rings is 1. The lowest BCUT2D eigenvalue weighted by Crippen LogP contribution is -2.36. The Hall–Kier alpha value is -1.72. The Morgan fingerprint density at radius 2 is 2.17 bits per heavy atom. The number of para-hydroxylation sites is 2. The van der Waals surface area contributed by atoms with Crippen LogP contribution in [0.15, 0.2) is 29.1 Å². The minimum atomic E-state index is -0.210. The van der Waals surface area contributed by atoms with Gasteiger partial charge >= 0.3 is 0 Å². The molecule has 1 atom stereocenters. The molecule has 2 rings (SSSR count). The first-order valence-corrected chi connectivity index (χ1v) is 5.84. The van der Waals surface area contributed by atoms with E-state index in [4.69, 9.17) is 10.5 Å². The predicted octanol–water partition coefficient (Wildman–Crippen LogP) is 0.679.